The van der Waals surface area contributed by atoms with Crippen molar-refractivity contribution in [2.75, 3.05) is 33.2 Å². The highest BCUT2D eigenvalue weighted by Crippen LogP contribution is 2.17. The number of hydrogen-bond donors (Lipinski definition) is 2. The normalized spacial score (nSPS) is 20.6. The van der Waals surface area contributed by atoms with Crippen LogP contribution in [-0.4, -0.2) is 66.2 Å². The first kappa shape index (κ1) is 16.8. The van der Waals surface area contributed by atoms with Crippen LogP contribution in [0.15, 0.2) is 0 Å². The third-order valence-electron chi connectivity index (χ3n) is 3.86. The first-order valence-electron chi connectivity index (χ1n) is 7.38. The number of likely N-dealkylation sites (tertiary alicyclic amines) is 1. The van der Waals surface area contributed by atoms with Crippen molar-refractivity contribution >= 4 is 12.0 Å². The van der Waals surface area contributed by atoms with Gasteiger partial charge in [0.1, 0.15) is 0 Å². The SMILES string of the molecule is CCN1CCCC1CN(C)C(=O)NCC(C)CC(=O)O. The molecule has 2 amide bonds. The lowest BCUT2D eigenvalue weighted by molar-refractivity contribution is -0.137. The number of urea groups is 1. The molecule has 1 aliphatic rings. The van der Waals surface area contributed by atoms with Gasteiger partial charge in [-0.05, 0) is 31.8 Å². The Morgan fingerprint density at radius 2 is 2.20 bits per heavy atom. The predicted molar refractivity (Wildman–Crippen MR) is 77.7 cm³/mol. The molecule has 1 fully saturated rings. The van der Waals surface area contributed by atoms with E-state index in [4.69, 9.17) is 5.11 Å². The molecule has 0 aromatic heterocycles. The minimum Gasteiger partial charge on any atom is -0.481 e. The maximum atomic E-state index is 12.0. The minimum absolute atomic E-state index is 0.0523. The Morgan fingerprint density at radius 3 is 2.80 bits per heavy atom. The smallest absolute Gasteiger partial charge is 0.317 e. The van der Waals surface area contributed by atoms with E-state index in [0.717, 1.165) is 26.1 Å². The van der Waals surface area contributed by atoms with Crippen LogP contribution in [0.4, 0.5) is 4.79 Å². The van der Waals surface area contributed by atoms with Crippen LogP contribution in [-0.2, 0) is 4.79 Å². The summed E-state index contributed by atoms with van der Waals surface area (Å²) in [6, 6.07) is 0.331. The Labute approximate surface area is 121 Å². The molecule has 0 aromatic carbocycles. The van der Waals surface area contributed by atoms with Crippen LogP contribution in [0.3, 0.4) is 0 Å². The van der Waals surface area contributed by atoms with E-state index in [1.165, 1.54) is 6.42 Å². The summed E-state index contributed by atoms with van der Waals surface area (Å²) in [7, 11) is 1.79. The van der Waals surface area contributed by atoms with Crippen molar-refractivity contribution < 1.29 is 14.7 Å². The van der Waals surface area contributed by atoms with Gasteiger partial charge in [0, 0.05) is 32.6 Å². The molecule has 0 spiro atoms. The van der Waals surface area contributed by atoms with Crippen LogP contribution < -0.4 is 5.32 Å². The van der Waals surface area contributed by atoms with Crippen LogP contribution in [0, 0.1) is 5.92 Å². The van der Waals surface area contributed by atoms with Gasteiger partial charge in [-0.3, -0.25) is 9.69 Å². The first-order chi connectivity index (χ1) is 9.43. The van der Waals surface area contributed by atoms with E-state index < -0.39 is 5.97 Å². The van der Waals surface area contributed by atoms with Crippen LogP contribution in [0.25, 0.3) is 0 Å². The molecule has 2 N–H and O–H groups in total. The van der Waals surface area contributed by atoms with Crippen molar-refractivity contribution in [2.24, 2.45) is 5.92 Å². The predicted octanol–water partition coefficient (Wildman–Crippen LogP) is 1.22. The van der Waals surface area contributed by atoms with Crippen LogP contribution in [0.2, 0.25) is 0 Å². The molecular formula is C14H27N3O3. The van der Waals surface area contributed by atoms with Crippen molar-refractivity contribution in [3.8, 4) is 0 Å². The minimum atomic E-state index is -0.829. The number of likely N-dealkylation sites (N-methyl/N-ethyl adjacent to an activating group) is 2. The molecule has 0 aromatic rings. The molecule has 0 bridgehead atoms. The Kier molecular flexibility index (Phi) is 6.78. The van der Waals surface area contributed by atoms with Gasteiger partial charge in [0.2, 0.25) is 0 Å². The topological polar surface area (TPSA) is 72.9 Å². The summed E-state index contributed by atoms with van der Waals surface area (Å²) in [4.78, 5) is 26.6. The molecular weight excluding hydrogens is 258 g/mol. The average Bonchev–Trinajstić information content (AvgIpc) is 2.82. The van der Waals surface area contributed by atoms with E-state index in [0.29, 0.717) is 12.6 Å². The third-order valence-corrected chi connectivity index (χ3v) is 3.86. The fourth-order valence-electron chi connectivity index (χ4n) is 2.68. The number of rotatable bonds is 7. The molecule has 2 atom stereocenters. The van der Waals surface area contributed by atoms with Gasteiger partial charge in [0.25, 0.3) is 0 Å². The molecule has 1 rings (SSSR count). The van der Waals surface area contributed by atoms with E-state index in [1.807, 2.05) is 6.92 Å². The molecule has 20 heavy (non-hydrogen) atoms. The number of nitrogens with zero attached hydrogens (tertiary/aromatic N) is 2. The number of carbonyl (C=O) groups excluding carboxylic acids is 1. The Morgan fingerprint density at radius 1 is 1.50 bits per heavy atom. The molecule has 1 aliphatic heterocycles. The number of amides is 2. The molecule has 0 aliphatic carbocycles. The summed E-state index contributed by atoms with van der Waals surface area (Å²) in [5.41, 5.74) is 0. The number of nitrogens with one attached hydrogen (secondary N) is 1. The van der Waals surface area contributed by atoms with Crippen molar-refractivity contribution in [1.82, 2.24) is 15.1 Å². The monoisotopic (exact) mass is 285 g/mol. The summed E-state index contributed by atoms with van der Waals surface area (Å²) >= 11 is 0. The van der Waals surface area contributed by atoms with Gasteiger partial charge in [-0.25, -0.2) is 4.79 Å². The zero-order chi connectivity index (χ0) is 15.1. The number of carbonyl (C=O) groups is 2. The highest BCUT2D eigenvalue weighted by molar-refractivity contribution is 5.74. The zero-order valence-corrected chi connectivity index (χ0v) is 12.8. The second kappa shape index (κ2) is 8.09. The largest absolute Gasteiger partial charge is 0.481 e. The number of carboxylic acids is 1. The van der Waals surface area contributed by atoms with Crippen molar-refractivity contribution in [2.45, 2.75) is 39.2 Å². The lowest BCUT2D eigenvalue weighted by Gasteiger charge is -2.28. The molecule has 6 heteroatoms. The molecule has 0 saturated carbocycles. The molecule has 6 nitrogen and oxygen atoms in total. The standard InChI is InChI=1S/C14H27N3O3/c1-4-17-7-5-6-12(17)10-16(3)14(20)15-9-11(2)8-13(18)19/h11-12H,4-10H2,1-3H3,(H,15,20)(H,18,19). The summed E-state index contributed by atoms with van der Waals surface area (Å²) in [6.07, 6.45) is 2.42. The second-order valence-corrected chi connectivity index (χ2v) is 5.69. The number of carboxylic acid groups (broad SMARTS) is 1. The summed E-state index contributed by atoms with van der Waals surface area (Å²) in [5, 5.41) is 11.5. The van der Waals surface area contributed by atoms with E-state index >= 15 is 0 Å². The fraction of sp³-hybridized carbons (Fsp3) is 0.857. The van der Waals surface area contributed by atoms with Gasteiger partial charge in [-0.2, -0.15) is 0 Å². The summed E-state index contributed by atoms with van der Waals surface area (Å²) < 4.78 is 0. The highest BCUT2D eigenvalue weighted by Gasteiger charge is 2.25. The van der Waals surface area contributed by atoms with Crippen LogP contribution >= 0.6 is 0 Å². The lowest BCUT2D eigenvalue weighted by Crippen LogP contribution is -2.45. The van der Waals surface area contributed by atoms with Crippen molar-refractivity contribution in [3.05, 3.63) is 0 Å². The molecule has 0 radical (unpaired) electrons. The fourth-order valence-corrected chi connectivity index (χ4v) is 2.68. The van der Waals surface area contributed by atoms with Crippen molar-refractivity contribution in [3.63, 3.8) is 0 Å². The number of aliphatic carboxylic acids is 1. The molecule has 1 saturated heterocycles. The van der Waals surface area contributed by atoms with Gasteiger partial charge >= 0.3 is 12.0 Å². The van der Waals surface area contributed by atoms with Crippen molar-refractivity contribution in [1.29, 1.82) is 0 Å². The van der Waals surface area contributed by atoms with Crippen LogP contribution in [0.5, 0.6) is 0 Å². The molecule has 2 unspecified atom stereocenters. The Balaban J connectivity index is 2.30. The Bertz CT molecular complexity index is 336. The maximum Gasteiger partial charge on any atom is 0.317 e. The van der Waals surface area contributed by atoms with Gasteiger partial charge in [0.05, 0.1) is 0 Å². The van der Waals surface area contributed by atoms with E-state index in [1.54, 1.807) is 11.9 Å². The van der Waals surface area contributed by atoms with E-state index in [9.17, 15) is 9.59 Å². The van der Waals surface area contributed by atoms with E-state index in [2.05, 4.69) is 17.1 Å². The summed E-state index contributed by atoms with van der Waals surface area (Å²) in [5.74, 6) is -0.881. The van der Waals surface area contributed by atoms with Gasteiger partial charge < -0.3 is 15.3 Å². The lowest BCUT2D eigenvalue weighted by atomic mass is 10.1. The number of hydrogen-bond acceptors (Lipinski definition) is 3. The average molecular weight is 285 g/mol. The van der Waals surface area contributed by atoms with Gasteiger partial charge in [-0.1, -0.05) is 13.8 Å². The first-order valence-corrected chi connectivity index (χ1v) is 7.38. The second-order valence-electron chi connectivity index (χ2n) is 5.69. The van der Waals surface area contributed by atoms with Gasteiger partial charge in [-0.15, -0.1) is 0 Å². The zero-order valence-electron chi connectivity index (χ0n) is 12.8. The Hall–Kier alpha value is -1.30. The molecule has 1 heterocycles. The maximum absolute atomic E-state index is 12.0. The quantitative estimate of drug-likeness (QED) is 0.738. The van der Waals surface area contributed by atoms with E-state index in [-0.39, 0.29) is 18.4 Å². The van der Waals surface area contributed by atoms with Crippen LogP contribution in [0.1, 0.15) is 33.1 Å². The third kappa shape index (κ3) is 5.36. The van der Waals surface area contributed by atoms with Gasteiger partial charge in [0.15, 0.2) is 0 Å². The molecule has 116 valence electrons. The highest BCUT2D eigenvalue weighted by atomic mass is 16.4. The summed E-state index contributed by atoms with van der Waals surface area (Å²) in [6.45, 7) is 7.24.